The maximum Gasteiger partial charge on any atom is 0.273 e. The highest BCUT2D eigenvalue weighted by atomic mass is 32.1. The standard InChI is InChI=1S/C23H23N5O2S/c24-12-15-6-2-3-7-16(15)13-28-22(30)20-19(26-23(28)27-10-4-1-5-11-27)18(14-31-20)21(29)25-17-8-9-17/h2-3,6-7,14,17H,1,4-5,8-11,13H2,(H,25,29). The molecule has 5 rings (SSSR count). The lowest BCUT2D eigenvalue weighted by atomic mass is 10.1. The van der Waals surface area contributed by atoms with Gasteiger partial charge < -0.3 is 10.2 Å². The highest BCUT2D eigenvalue weighted by Crippen LogP contribution is 2.28. The quantitative estimate of drug-likeness (QED) is 0.667. The van der Waals surface area contributed by atoms with Crippen LogP contribution in [0.3, 0.4) is 0 Å². The number of aromatic nitrogens is 2. The van der Waals surface area contributed by atoms with Gasteiger partial charge in [0, 0.05) is 24.5 Å². The molecule has 1 amide bonds. The van der Waals surface area contributed by atoms with E-state index in [2.05, 4.69) is 16.3 Å². The molecule has 1 aliphatic heterocycles. The minimum absolute atomic E-state index is 0.155. The van der Waals surface area contributed by atoms with Crippen LogP contribution in [0.15, 0.2) is 34.4 Å². The summed E-state index contributed by atoms with van der Waals surface area (Å²) in [7, 11) is 0. The summed E-state index contributed by atoms with van der Waals surface area (Å²) in [5.74, 6) is 0.432. The average molecular weight is 434 g/mol. The highest BCUT2D eigenvalue weighted by molar-refractivity contribution is 7.17. The largest absolute Gasteiger partial charge is 0.349 e. The molecule has 2 fully saturated rings. The maximum absolute atomic E-state index is 13.6. The van der Waals surface area contributed by atoms with Crippen LogP contribution in [-0.4, -0.2) is 34.6 Å². The number of fused-ring (bicyclic) bond motifs is 1. The van der Waals surface area contributed by atoms with Crippen molar-refractivity contribution in [1.29, 1.82) is 5.26 Å². The monoisotopic (exact) mass is 433 g/mol. The second-order valence-electron chi connectivity index (χ2n) is 8.19. The van der Waals surface area contributed by atoms with E-state index in [1.54, 1.807) is 16.0 Å². The summed E-state index contributed by atoms with van der Waals surface area (Å²) in [5, 5.41) is 14.2. The van der Waals surface area contributed by atoms with Crippen molar-refractivity contribution in [3.8, 4) is 6.07 Å². The first-order valence-electron chi connectivity index (χ1n) is 10.7. The minimum Gasteiger partial charge on any atom is -0.349 e. The first-order valence-corrected chi connectivity index (χ1v) is 11.6. The van der Waals surface area contributed by atoms with Crippen molar-refractivity contribution in [2.75, 3.05) is 18.0 Å². The summed E-state index contributed by atoms with van der Waals surface area (Å²) in [6, 6.07) is 9.79. The second-order valence-corrected chi connectivity index (χ2v) is 9.07. The lowest BCUT2D eigenvalue weighted by Gasteiger charge is -2.29. The van der Waals surface area contributed by atoms with Gasteiger partial charge >= 0.3 is 0 Å². The molecule has 2 aliphatic rings. The third-order valence-electron chi connectivity index (χ3n) is 5.92. The zero-order valence-electron chi connectivity index (χ0n) is 17.1. The molecule has 0 spiro atoms. The van der Waals surface area contributed by atoms with Crippen molar-refractivity contribution in [3.05, 3.63) is 56.7 Å². The maximum atomic E-state index is 13.6. The van der Waals surface area contributed by atoms with Crippen LogP contribution >= 0.6 is 11.3 Å². The van der Waals surface area contributed by atoms with E-state index in [0.29, 0.717) is 27.3 Å². The van der Waals surface area contributed by atoms with Gasteiger partial charge in [-0.05, 0) is 43.7 Å². The number of anilines is 1. The molecule has 1 N–H and O–H groups in total. The molecule has 1 aliphatic carbocycles. The van der Waals surface area contributed by atoms with Crippen LogP contribution in [0.25, 0.3) is 10.2 Å². The fourth-order valence-corrected chi connectivity index (χ4v) is 4.99. The van der Waals surface area contributed by atoms with Gasteiger partial charge in [0.25, 0.3) is 11.5 Å². The SMILES string of the molecule is N#Cc1ccccc1Cn1c(N2CCCCC2)nc2c(C(=O)NC3CC3)csc2c1=O. The van der Waals surface area contributed by atoms with E-state index in [1.807, 2.05) is 18.2 Å². The Morgan fingerprint density at radius 2 is 2.00 bits per heavy atom. The molecule has 1 saturated heterocycles. The van der Waals surface area contributed by atoms with Crippen LogP contribution in [-0.2, 0) is 6.54 Å². The molecule has 158 valence electrons. The smallest absolute Gasteiger partial charge is 0.273 e. The topological polar surface area (TPSA) is 91.0 Å². The van der Waals surface area contributed by atoms with Crippen LogP contribution in [0.4, 0.5) is 5.95 Å². The molecule has 1 aromatic carbocycles. The number of nitrogens with zero attached hydrogens (tertiary/aromatic N) is 4. The molecule has 8 heteroatoms. The van der Waals surface area contributed by atoms with Crippen molar-refractivity contribution in [2.45, 2.75) is 44.7 Å². The van der Waals surface area contributed by atoms with Gasteiger partial charge in [-0.1, -0.05) is 18.2 Å². The number of nitriles is 1. The van der Waals surface area contributed by atoms with Crippen molar-refractivity contribution in [2.24, 2.45) is 0 Å². The van der Waals surface area contributed by atoms with Gasteiger partial charge in [-0.3, -0.25) is 14.2 Å². The number of amides is 1. The third kappa shape index (κ3) is 3.81. The lowest BCUT2D eigenvalue weighted by Crippen LogP contribution is -2.36. The molecular weight excluding hydrogens is 410 g/mol. The molecule has 2 aromatic heterocycles. The van der Waals surface area contributed by atoms with E-state index in [1.165, 1.54) is 11.3 Å². The van der Waals surface area contributed by atoms with Gasteiger partial charge in [-0.2, -0.15) is 5.26 Å². The van der Waals surface area contributed by atoms with E-state index >= 15 is 0 Å². The number of rotatable bonds is 5. The second kappa shape index (κ2) is 8.16. The molecule has 31 heavy (non-hydrogen) atoms. The zero-order chi connectivity index (χ0) is 21.4. The van der Waals surface area contributed by atoms with Crippen LogP contribution in [0.5, 0.6) is 0 Å². The normalized spacial score (nSPS) is 16.3. The number of benzene rings is 1. The number of hydrogen-bond donors (Lipinski definition) is 1. The Morgan fingerprint density at radius 1 is 1.23 bits per heavy atom. The summed E-state index contributed by atoms with van der Waals surface area (Å²) in [4.78, 5) is 33.3. The van der Waals surface area contributed by atoms with Crippen LogP contribution in [0.1, 0.15) is 53.6 Å². The van der Waals surface area contributed by atoms with Gasteiger partial charge in [0.2, 0.25) is 5.95 Å². The van der Waals surface area contributed by atoms with Gasteiger partial charge in [0.1, 0.15) is 10.2 Å². The molecule has 3 aromatic rings. The van der Waals surface area contributed by atoms with E-state index in [0.717, 1.165) is 50.8 Å². The molecule has 1 saturated carbocycles. The fourth-order valence-electron chi connectivity index (χ4n) is 4.06. The molecule has 0 bridgehead atoms. The van der Waals surface area contributed by atoms with Crippen molar-refractivity contribution >= 4 is 33.4 Å². The average Bonchev–Trinajstić information content (AvgIpc) is 3.51. The van der Waals surface area contributed by atoms with Gasteiger partial charge in [-0.25, -0.2) is 4.98 Å². The molecule has 7 nitrogen and oxygen atoms in total. The predicted octanol–water partition coefficient (Wildman–Crippen LogP) is 3.26. The number of carbonyl (C=O) groups is 1. The number of piperidine rings is 1. The third-order valence-corrected chi connectivity index (χ3v) is 6.88. The van der Waals surface area contributed by atoms with Crippen LogP contribution in [0, 0.1) is 11.3 Å². The first-order chi connectivity index (χ1) is 15.2. The highest BCUT2D eigenvalue weighted by Gasteiger charge is 2.27. The first kappa shape index (κ1) is 19.8. The number of hydrogen-bond acceptors (Lipinski definition) is 6. The Balaban J connectivity index is 1.64. The Bertz CT molecular complexity index is 1250. The summed E-state index contributed by atoms with van der Waals surface area (Å²) in [6.07, 6.45) is 5.26. The van der Waals surface area contributed by atoms with E-state index in [4.69, 9.17) is 4.98 Å². The van der Waals surface area contributed by atoms with Crippen LogP contribution < -0.4 is 15.8 Å². The van der Waals surface area contributed by atoms with Crippen molar-refractivity contribution in [1.82, 2.24) is 14.9 Å². The zero-order valence-corrected chi connectivity index (χ0v) is 18.0. The number of nitrogens with one attached hydrogen (secondary N) is 1. The molecule has 3 heterocycles. The Kier molecular flexibility index (Phi) is 5.20. The molecule has 0 atom stereocenters. The van der Waals surface area contributed by atoms with Crippen molar-refractivity contribution in [3.63, 3.8) is 0 Å². The van der Waals surface area contributed by atoms with Gasteiger partial charge in [0.15, 0.2) is 0 Å². The molecule has 0 unspecified atom stereocenters. The van der Waals surface area contributed by atoms with Gasteiger partial charge in [-0.15, -0.1) is 11.3 Å². The van der Waals surface area contributed by atoms with E-state index in [9.17, 15) is 14.9 Å². The number of thiophene rings is 1. The lowest BCUT2D eigenvalue weighted by molar-refractivity contribution is 0.0953. The van der Waals surface area contributed by atoms with Gasteiger partial charge in [0.05, 0.1) is 23.7 Å². The Morgan fingerprint density at radius 3 is 2.74 bits per heavy atom. The summed E-state index contributed by atoms with van der Waals surface area (Å²) in [6.45, 7) is 1.93. The Hall–Kier alpha value is -3.18. The fraction of sp³-hybridized carbons (Fsp3) is 0.391. The number of carbonyl (C=O) groups excluding carboxylic acids is 1. The molecular formula is C23H23N5O2S. The van der Waals surface area contributed by atoms with E-state index in [-0.39, 0.29) is 24.1 Å². The summed E-state index contributed by atoms with van der Waals surface area (Å²) in [5.41, 5.74) is 2.14. The predicted molar refractivity (Wildman–Crippen MR) is 121 cm³/mol. The van der Waals surface area contributed by atoms with E-state index < -0.39 is 0 Å². The summed E-state index contributed by atoms with van der Waals surface area (Å²) >= 11 is 1.27. The molecule has 0 radical (unpaired) electrons. The minimum atomic E-state index is -0.159. The Labute approximate surface area is 183 Å². The van der Waals surface area contributed by atoms with Crippen LogP contribution in [0.2, 0.25) is 0 Å². The summed E-state index contributed by atoms with van der Waals surface area (Å²) < 4.78 is 2.15. The van der Waals surface area contributed by atoms with Crippen molar-refractivity contribution < 1.29 is 4.79 Å².